The van der Waals surface area contributed by atoms with Crippen LogP contribution in [0.3, 0.4) is 0 Å². The van der Waals surface area contributed by atoms with E-state index in [4.69, 9.17) is 0 Å². The van der Waals surface area contributed by atoms with Crippen molar-refractivity contribution in [3.63, 3.8) is 0 Å². The molecule has 0 unspecified atom stereocenters. The van der Waals surface area contributed by atoms with E-state index >= 15 is 0 Å². The second kappa shape index (κ2) is 1.68. The van der Waals surface area contributed by atoms with Gasteiger partial charge < -0.3 is 0 Å². The van der Waals surface area contributed by atoms with Gasteiger partial charge in [-0.3, -0.25) is 8.22 Å². The fourth-order valence-electron chi connectivity index (χ4n) is 0. The smallest absolute Gasteiger partial charge is 0.260 e. The summed E-state index contributed by atoms with van der Waals surface area (Å²) in [6.07, 6.45) is 0. The first-order valence-electron chi connectivity index (χ1n) is 1.69. The van der Waals surface area contributed by atoms with Gasteiger partial charge in [-0.2, -0.15) is 13.2 Å². The van der Waals surface area contributed by atoms with Crippen molar-refractivity contribution in [3.05, 3.63) is 0 Å². The van der Waals surface area contributed by atoms with Crippen LogP contribution in [0.2, 0.25) is 6.55 Å². The molecule has 0 aromatic heterocycles. The number of hydrogen-bond acceptors (Lipinski definition) is 0. The van der Waals surface area contributed by atoms with E-state index in [1.165, 1.54) is 0 Å². The van der Waals surface area contributed by atoms with Gasteiger partial charge in [0.05, 0.1) is 0 Å². The summed E-state index contributed by atoms with van der Waals surface area (Å²) in [6.45, 7) is -0.0486. The molecule has 0 rings (SSSR count). The predicted molar refractivity (Wildman–Crippen MR) is 19.9 cm³/mol. The summed E-state index contributed by atoms with van der Waals surface area (Å²) in [6, 6.07) is 0. The average Bonchev–Trinajstić information content (AvgIpc) is 1.25. The van der Waals surface area contributed by atoms with Gasteiger partial charge in [0.15, 0.2) is 0 Å². The summed E-state index contributed by atoms with van der Waals surface area (Å²) in [7, 11) is -5.86. The predicted octanol–water partition coefficient (Wildman–Crippen LogP) is 2.10. The molecular formula is C2H3F5Si. The molecular weight excluding hydrogens is 147 g/mol. The van der Waals surface area contributed by atoms with Crippen molar-refractivity contribution in [2.75, 3.05) is 0 Å². The van der Waals surface area contributed by atoms with Crippen LogP contribution in [0, 0.1) is 0 Å². The molecule has 0 aromatic carbocycles. The molecule has 0 saturated heterocycles. The molecule has 0 N–H and O–H groups in total. The van der Waals surface area contributed by atoms with E-state index in [9.17, 15) is 21.4 Å². The summed E-state index contributed by atoms with van der Waals surface area (Å²) in [5.41, 5.74) is 0. The van der Waals surface area contributed by atoms with Gasteiger partial charge in [-0.15, -0.1) is 0 Å². The van der Waals surface area contributed by atoms with Crippen LogP contribution in [-0.2, 0) is 0 Å². The Bertz CT molecular complexity index is 65.4. The van der Waals surface area contributed by atoms with Crippen molar-refractivity contribution >= 4 is 8.74 Å². The minimum atomic E-state index is -5.86. The molecule has 0 heterocycles. The van der Waals surface area contributed by atoms with E-state index in [0.717, 1.165) is 0 Å². The lowest BCUT2D eigenvalue weighted by atomic mass is 11.5. The Kier molecular flexibility index (Phi) is 1.65. The van der Waals surface area contributed by atoms with Crippen LogP contribution < -0.4 is 0 Å². The number of halogens is 5. The molecule has 0 aliphatic carbocycles. The van der Waals surface area contributed by atoms with Crippen LogP contribution in [0.1, 0.15) is 0 Å². The first-order valence-corrected chi connectivity index (χ1v) is 3.95. The van der Waals surface area contributed by atoms with Crippen molar-refractivity contribution in [2.45, 2.75) is 12.3 Å². The fourth-order valence-corrected chi connectivity index (χ4v) is 0. The van der Waals surface area contributed by atoms with Gasteiger partial charge in [-0.1, -0.05) is 0 Å². The number of alkyl halides is 3. The molecule has 6 heteroatoms. The molecule has 0 atom stereocenters. The highest BCUT2D eigenvalue weighted by molar-refractivity contribution is 6.66. The van der Waals surface area contributed by atoms with Gasteiger partial charge in [-0.25, -0.2) is 0 Å². The lowest BCUT2D eigenvalue weighted by Gasteiger charge is -2.09. The van der Waals surface area contributed by atoms with Crippen molar-refractivity contribution in [1.82, 2.24) is 0 Å². The maximum absolute atomic E-state index is 11.2. The molecule has 0 fully saturated rings. The van der Waals surface area contributed by atoms with Gasteiger partial charge in [-0.05, 0) is 6.55 Å². The Morgan fingerprint density at radius 3 is 1.25 bits per heavy atom. The zero-order chi connectivity index (χ0) is 7.00. The zero-order valence-electron chi connectivity index (χ0n) is 3.89. The lowest BCUT2D eigenvalue weighted by molar-refractivity contribution is -0.0722. The first-order chi connectivity index (χ1) is 3.25. The van der Waals surface area contributed by atoms with Gasteiger partial charge in [0.25, 0.3) is 0 Å². The largest absolute Gasteiger partial charge is 0.530 e. The van der Waals surface area contributed by atoms with Crippen LogP contribution in [0.25, 0.3) is 0 Å². The maximum atomic E-state index is 11.2. The third-order valence-electron chi connectivity index (χ3n) is 0.498. The van der Waals surface area contributed by atoms with Crippen LogP contribution >= 0.6 is 0 Å². The second-order valence-electron chi connectivity index (χ2n) is 1.39. The summed E-state index contributed by atoms with van der Waals surface area (Å²) in [5, 5.41) is 0. The standard InChI is InChI=1S/C2H3F5Si/c1-8(6,7)2(3,4)5/h1H3. The molecule has 0 aromatic rings. The number of rotatable bonds is 0. The third-order valence-corrected chi connectivity index (χ3v) is 1.49. The molecule has 8 heavy (non-hydrogen) atoms. The van der Waals surface area contributed by atoms with Crippen LogP contribution in [0.5, 0.6) is 0 Å². The Balaban J connectivity index is 4.02. The van der Waals surface area contributed by atoms with Gasteiger partial charge >= 0.3 is 14.5 Å². The highest BCUT2D eigenvalue weighted by Gasteiger charge is 2.58. The molecule has 50 valence electrons. The van der Waals surface area contributed by atoms with Gasteiger partial charge in [0.2, 0.25) is 0 Å². The fraction of sp³-hybridized carbons (Fsp3) is 1.00. The Morgan fingerprint density at radius 2 is 1.25 bits per heavy atom. The summed E-state index contributed by atoms with van der Waals surface area (Å²) in [4.78, 5) is 0. The molecule has 0 radical (unpaired) electrons. The normalized spacial score (nSPS) is 14.2. The number of hydrogen-bond donors (Lipinski definition) is 0. The van der Waals surface area contributed by atoms with Gasteiger partial charge in [0.1, 0.15) is 0 Å². The summed E-state index contributed by atoms with van der Waals surface area (Å²) in [5.74, 6) is -5.26. The molecule has 0 bridgehead atoms. The molecule has 0 aliphatic rings. The topological polar surface area (TPSA) is 0 Å². The molecule has 0 nitrogen and oxygen atoms in total. The van der Waals surface area contributed by atoms with Crippen molar-refractivity contribution in [3.8, 4) is 0 Å². The Labute approximate surface area is 43.7 Å². The quantitative estimate of drug-likeness (QED) is 0.282. The minimum absolute atomic E-state index is 0.0486. The molecule has 0 spiro atoms. The monoisotopic (exact) mass is 150 g/mol. The van der Waals surface area contributed by atoms with E-state index in [1.807, 2.05) is 0 Å². The molecule has 0 aliphatic heterocycles. The third kappa shape index (κ3) is 1.77. The van der Waals surface area contributed by atoms with Crippen LogP contribution in [0.15, 0.2) is 0 Å². The summed E-state index contributed by atoms with van der Waals surface area (Å²) < 4.78 is 55.1. The van der Waals surface area contributed by atoms with Crippen molar-refractivity contribution < 1.29 is 21.4 Å². The van der Waals surface area contributed by atoms with Crippen molar-refractivity contribution in [2.24, 2.45) is 0 Å². The molecule has 0 saturated carbocycles. The first kappa shape index (κ1) is 7.87. The second-order valence-corrected chi connectivity index (χ2v) is 3.73. The Morgan fingerprint density at radius 1 is 1.12 bits per heavy atom. The van der Waals surface area contributed by atoms with Crippen molar-refractivity contribution in [1.29, 1.82) is 0 Å². The average molecular weight is 150 g/mol. The lowest BCUT2D eigenvalue weighted by Crippen LogP contribution is -2.38. The highest BCUT2D eigenvalue weighted by atomic mass is 28.4. The minimum Gasteiger partial charge on any atom is -0.260 e. The van der Waals surface area contributed by atoms with Crippen LogP contribution in [0.4, 0.5) is 21.4 Å². The molecule has 0 amide bonds. The zero-order valence-corrected chi connectivity index (χ0v) is 4.89. The highest BCUT2D eigenvalue weighted by Crippen LogP contribution is 2.29. The van der Waals surface area contributed by atoms with Crippen LogP contribution in [-0.4, -0.2) is 14.5 Å². The maximum Gasteiger partial charge on any atom is 0.530 e. The van der Waals surface area contributed by atoms with E-state index in [2.05, 4.69) is 0 Å². The summed E-state index contributed by atoms with van der Waals surface area (Å²) >= 11 is 0. The Hall–Kier alpha value is -0.133. The van der Waals surface area contributed by atoms with E-state index < -0.39 is 14.5 Å². The van der Waals surface area contributed by atoms with Gasteiger partial charge in [0, 0.05) is 0 Å². The van der Waals surface area contributed by atoms with E-state index in [0.29, 0.717) is 0 Å². The van der Waals surface area contributed by atoms with E-state index in [-0.39, 0.29) is 6.55 Å². The van der Waals surface area contributed by atoms with E-state index in [1.54, 1.807) is 0 Å². The SMILES string of the molecule is C[Si](F)(F)C(F)(F)F.